The molecule has 2 rings (SSSR count). The summed E-state index contributed by atoms with van der Waals surface area (Å²) in [6.07, 6.45) is -5.70. The monoisotopic (exact) mass is 263 g/mol. The highest BCUT2D eigenvalue weighted by molar-refractivity contribution is 5.31. The summed E-state index contributed by atoms with van der Waals surface area (Å²) in [7, 11) is 0. The molecule has 7 heteroatoms. The van der Waals surface area contributed by atoms with Crippen molar-refractivity contribution in [3.63, 3.8) is 0 Å². The van der Waals surface area contributed by atoms with Gasteiger partial charge in [-0.25, -0.2) is 0 Å². The molecule has 1 heterocycles. The van der Waals surface area contributed by atoms with E-state index in [2.05, 4.69) is 10.1 Å². The minimum Gasteiger partial charge on any atom is -0.486 e. The first-order valence-electron chi connectivity index (χ1n) is 5.35. The highest BCUT2D eigenvalue weighted by Crippen LogP contribution is 2.25. The molecule has 1 saturated heterocycles. The van der Waals surface area contributed by atoms with Crippen molar-refractivity contribution in [2.24, 2.45) is 0 Å². The van der Waals surface area contributed by atoms with Crippen molar-refractivity contribution in [2.75, 3.05) is 13.1 Å². The van der Waals surface area contributed by atoms with Gasteiger partial charge in [-0.1, -0.05) is 0 Å². The Balaban J connectivity index is 1.95. The molecule has 4 nitrogen and oxygen atoms in total. The van der Waals surface area contributed by atoms with Gasteiger partial charge in [-0.2, -0.15) is 0 Å². The van der Waals surface area contributed by atoms with Crippen LogP contribution in [-0.2, 0) is 0 Å². The predicted octanol–water partition coefficient (Wildman–Crippen LogP) is 1.30. The fourth-order valence-corrected chi connectivity index (χ4v) is 1.66. The number of nitrogens with one attached hydrogen (secondary N) is 1. The van der Waals surface area contributed by atoms with Crippen molar-refractivity contribution in [1.82, 2.24) is 5.32 Å². The molecule has 0 radical (unpaired) electrons. The first kappa shape index (κ1) is 13.0. The summed E-state index contributed by atoms with van der Waals surface area (Å²) >= 11 is 0. The van der Waals surface area contributed by atoms with Crippen LogP contribution in [-0.4, -0.2) is 36.8 Å². The third-order valence-corrected chi connectivity index (χ3v) is 2.47. The van der Waals surface area contributed by atoms with E-state index < -0.39 is 12.5 Å². The summed E-state index contributed by atoms with van der Waals surface area (Å²) in [6, 6.07) is 5.06. The molecule has 0 amide bonds. The second kappa shape index (κ2) is 5.03. The van der Waals surface area contributed by atoms with E-state index in [1.165, 1.54) is 12.1 Å². The average Bonchev–Trinajstić information content (AvgIpc) is 2.65. The number of aliphatic hydroxyl groups excluding tert-OH is 1. The molecule has 100 valence electrons. The number of hydrogen-bond acceptors (Lipinski definition) is 4. The summed E-state index contributed by atoms with van der Waals surface area (Å²) in [5.74, 6) is 0.0808. The molecular formula is C11H12F3NO3. The van der Waals surface area contributed by atoms with E-state index in [1.54, 1.807) is 0 Å². The van der Waals surface area contributed by atoms with Crippen molar-refractivity contribution in [1.29, 1.82) is 0 Å². The second-order valence-electron chi connectivity index (χ2n) is 3.90. The molecule has 2 unspecified atom stereocenters. The summed E-state index contributed by atoms with van der Waals surface area (Å²) in [6.45, 7) is 0.946. The topological polar surface area (TPSA) is 50.7 Å². The van der Waals surface area contributed by atoms with E-state index in [0.717, 1.165) is 12.1 Å². The van der Waals surface area contributed by atoms with Crippen LogP contribution in [0.3, 0.4) is 0 Å². The van der Waals surface area contributed by atoms with Gasteiger partial charge in [0, 0.05) is 13.1 Å². The van der Waals surface area contributed by atoms with Gasteiger partial charge < -0.3 is 19.9 Å². The third kappa shape index (κ3) is 3.51. The van der Waals surface area contributed by atoms with Crippen LogP contribution in [0.15, 0.2) is 24.3 Å². The smallest absolute Gasteiger partial charge is 0.486 e. The summed E-state index contributed by atoms with van der Waals surface area (Å²) in [4.78, 5) is 0. The SMILES string of the molecule is OC1CNCC1Oc1ccc(OC(F)(F)F)cc1. The summed E-state index contributed by atoms with van der Waals surface area (Å²) < 4.78 is 44.9. The molecule has 0 aromatic heterocycles. The molecule has 0 spiro atoms. The maximum Gasteiger partial charge on any atom is 0.573 e. The summed E-state index contributed by atoms with van der Waals surface area (Å²) in [5.41, 5.74) is 0. The van der Waals surface area contributed by atoms with Crippen LogP contribution in [0.1, 0.15) is 0 Å². The maximum atomic E-state index is 11.9. The third-order valence-electron chi connectivity index (χ3n) is 2.47. The lowest BCUT2D eigenvalue weighted by Gasteiger charge is -2.16. The van der Waals surface area contributed by atoms with Crippen LogP contribution in [0, 0.1) is 0 Å². The Morgan fingerprint density at radius 3 is 2.22 bits per heavy atom. The Bertz CT molecular complexity index is 394. The average molecular weight is 263 g/mol. The molecule has 1 aromatic carbocycles. The Hall–Kier alpha value is -1.47. The van der Waals surface area contributed by atoms with Crippen LogP contribution in [0.25, 0.3) is 0 Å². The Kier molecular flexibility index (Phi) is 3.63. The van der Waals surface area contributed by atoms with Gasteiger partial charge in [0.25, 0.3) is 0 Å². The number of β-amino-alcohol motifs (C(OH)–C–C–N with tert-alkyl or cyclic N) is 1. The van der Waals surface area contributed by atoms with Crippen LogP contribution in [0.4, 0.5) is 13.2 Å². The highest BCUT2D eigenvalue weighted by atomic mass is 19.4. The van der Waals surface area contributed by atoms with Gasteiger partial charge in [0.15, 0.2) is 0 Å². The molecule has 1 aliphatic rings. The molecule has 0 bridgehead atoms. The van der Waals surface area contributed by atoms with E-state index in [-0.39, 0.29) is 11.9 Å². The van der Waals surface area contributed by atoms with Gasteiger partial charge >= 0.3 is 6.36 Å². The van der Waals surface area contributed by atoms with E-state index in [0.29, 0.717) is 18.8 Å². The minimum atomic E-state index is -4.70. The van der Waals surface area contributed by atoms with Gasteiger partial charge in [0.1, 0.15) is 23.7 Å². The van der Waals surface area contributed by atoms with Crippen molar-refractivity contribution in [3.05, 3.63) is 24.3 Å². The van der Waals surface area contributed by atoms with Crippen molar-refractivity contribution in [3.8, 4) is 11.5 Å². The second-order valence-corrected chi connectivity index (χ2v) is 3.90. The first-order chi connectivity index (χ1) is 8.44. The molecule has 0 saturated carbocycles. The largest absolute Gasteiger partial charge is 0.573 e. The van der Waals surface area contributed by atoms with E-state index in [1.807, 2.05) is 0 Å². The molecular weight excluding hydrogens is 251 g/mol. The van der Waals surface area contributed by atoms with Crippen LogP contribution in [0.2, 0.25) is 0 Å². The zero-order valence-corrected chi connectivity index (χ0v) is 9.28. The number of halogens is 3. The van der Waals surface area contributed by atoms with Crippen molar-refractivity contribution >= 4 is 0 Å². The Labute approximate surface area is 101 Å². The number of rotatable bonds is 3. The normalized spacial score (nSPS) is 24.0. The van der Waals surface area contributed by atoms with Crippen LogP contribution >= 0.6 is 0 Å². The zero-order chi connectivity index (χ0) is 13.2. The van der Waals surface area contributed by atoms with E-state index >= 15 is 0 Å². The number of alkyl halides is 3. The Morgan fingerprint density at radius 1 is 1.11 bits per heavy atom. The van der Waals surface area contributed by atoms with Crippen molar-refractivity contribution < 1.29 is 27.8 Å². The molecule has 18 heavy (non-hydrogen) atoms. The summed E-state index contributed by atoms with van der Waals surface area (Å²) in [5, 5.41) is 12.4. The van der Waals surface area contributed by atoms with Crippen LogP contribution in [0.5, 0.6) is 11.5 Å². The van der Waals surface area contributed by atoms with Gasteiger partial charge in [-0.3, -0.25) is 0 Å². The van der Waals surface area contributed by atoms with Gasteiger partial charge in [0.05, 0.1) is 0 Å². The lowest BCUT2D eigenvalue weighted by Crippen LogP contribution is -2.29. The number of aliphatic hydroxyl groups is 1. The lowest BCUT2D eigenvalue weighted by atomic mass is 10.2. The molecule has 1 aromatic rings. The molecule has 2 N–H and O–H groups in total. The first-order valence-corrected chi connectivity index (χ1v) is 5.35. The standard InChI is InChI=1S/C11H12F3NO3/c12-11(13,14)18-8-3-1-7(2-4-8)17-10-6-15-5-9(10)16/h1-4,9-10,15-16H,5-6H2. The van der Waals surface area contributed by atoms with Gasteiger partial charge in [-0.15, -0.1) is 13.2 Å². The van der Waals surface area contributed by atoms with Gasteiger partial charge in [-0.05, 0) is 24.3 Å². The van der Waals surface area contributed by atoms with E-state index in [4.69, 9.17) is 4.74 Å². The van der Waals surface area contributed by atoms with Crippen LogP contribution < -0.4 is 14.8 Å². The molecule has 0 aliphatic carbocycles. The van der Waals surface area contributed by atoms with Gasteiger partial charge in [0.2, 0.25) is 0 Å². The molecule has 2 atom stereocenters. The fourth-order valence-electron chi connectivity index (χ4n) is 1.66. The maximum absolute atomic E-state index is 11.9. The number of benzene rings is 1. The molecule has 1 fully saturated rings. The zero-order valence-electron chi connectivity index (χ0n) is 9.28. The lowest BCUT2D eigenvalue weighted by molar-refractivity contribution is -0.274. The minimum absolute atomic E-state index is 0.306. The number of hydrogen-bond donors (Lipinski definition) is 2. The highest BCUT2D eigenvalue weighted by Gasteiger charge is 2.31. The molecule has 1 aliphatic heterocycles. The Morgan fingerprint density at radius 2 is 1.72 bits per heavy atom. The van der Waals surface area contributed by atoms with Crippen molar-refractivity contribution in [2.45, 2.75) is 18.6 Å². The van der Waals surface area contributed by atoms with E-state index in [9.17, 15) is 18.3 Å². The number of ether oxygens (including phenoxy) is 2. The quantitative estimate of drug-likeness (QED) is 0.863. The predicted molar refractivity (Wildman–Crippen MR) is 56.4 cm³/mol. The fraction of sp³-hybridized carbons (Fsp3) is 0.455.